The smallest absolute Gasteiger partial charge is 0.146 e. The SMILES string of the molecule is CC/C=N/Nc1ccc(C)cn1. The van der Waals surface area contributed by atoms with Crippen LogP contribution in [0, 0.1) is 6.92 Å². The summed E-state index contributed by atoms with van der Waals surface area (Å²) in [5.74, 6) is 0.783. The number of anilines is 1. The van der Waals surface area contributed by atoms with Crippen molar-refractivity contribution in [2.24, 2.45) is 5.10 Å². The summed E-state index contributed by atoms with van der Waals surface area (Å²) in [5, 5.41) is 3.95. The van der Waals surface area contributed by atoms with Gasteiger partial charge in [0.25, 0.3) is 0 Å². The van der Waals surface area contributed by atoms with Gasteiger partial charge in [-0.3, -0.25) is 5.43 Å². The van der Waals surface area contributed by atoms with Gasteiger partial charge < -0.3 is 0 Å². The van der Waals surface area contributed by atoms with Crippen LogP contribution in [0.1, 0.15) is 18.9 Å². The van der Waals surface area contributed by atoms with E-state index >= 15 is 0 Å². The maximum absolute atomic E-state index is 4.13. The van der Waals surface area contributed by atoms with Gasteiger partial charge in [-0.15, -0.1) is 0 Å². The van der Waals surface area contributed by atoms with Crippen LogP contribution in [0.15, 0.2) is 23.4 Å². The van der Waals surface area contributed by atoms with Crippen molar-refractivity contribution in [2.45, 2.75) is 20.3 Å². The normalized spacial score (nSPS) is 10.5. The molecule has 0 atom stereocenters. The second-order valence-corrected chi connectivity index (χ2v) is 2.55. The summed E-state index contributed by atoms with van der Waals surface area (Å²) in [7, 11) is 0. The first-order chi connectivity index (χ1) is 5.83. The number of aromatic nitrogens is 1. The molecular weight excluding hydrogens is 150 g/mol. The van der Waals surface area contributed by atoms with Gasteiger partial charge in [0.1, 0.15) is 5.82 Å². The quantitative estimate of drug-likeness (QED) is 0.548. The van der Waals surface area contributed by atoms with E-state index in [0.29, 0.717) is 0 Å². The fourth-order valence-electron chi connectivity index (χ4n) is 0.737. The number of hydrazone groups is 1. The molecule has 1 rings (SSSR count). The minimum atomic E-state index is 0.783. The average Bonchev–Trinajstić information content (AvgIpc) is 2.09. The molecule has 0 unspecified atom stereocenters. The molecular formula is C9H13N3. The molecule has 1 aromatic heterocycles. The lowest BCUT2D eigenvalue weighted by atomic mass is 10.3. The number of aryl methyl sites for hydroxylation is 1. The number of rotatable bonds is 3. The van der Waals surface area contributed by atoms with Gasteiger partial charge in [0.05, 0.1) is 0 Å². The highest BCUT2D eigenvalue weighted by molar-refractivity contribution is 5.58. The van der Waals surface area contributed by atoms with Gasteiger partial charge in [-0.2, -0.15) is 5.10 Å². The van der Waals surface area contributed by atoms with E-state index in [1.54, 1.807) is 0 Å². The summed E-state index contributed by atoms with van der Waals surface area (Å²) in [4.78, 5) is 4.13. The lowest BCUT2D eigenvalue weighted by Gasteiger charge is -1.97. The Labute approximate surface area is 72.5 Å². The Morgan fingerprint density at radius 3 is 3.00 bits per heavy atom. The molecule has 1 heterocycles. The summed E-state index contributed by atoms with van der Waals surface area (Å²) in [6.07, 6.45) is 4.55. The zero-order valence-electron chi connectivity index (χ0n) is 7.41. The summed E-state index contributed by atoms with van der Waals surface area (Å²) in [6, 6.07) is 3.90. The fourth-order valence-corrected chi connectivity index (χ4v) is 0.737. The first-order valence-corrected chi connectivity index (χ1v) is 4.03. The Balaban J connectivity index is 2.53. The van der Waals surface area contributed by atoms with E-state index in [1.807, 2.05) is 38.4 Å². The van der Waals surface area contributed by atoms with Crippen LogP contribution in [-0.4, -0.2) is 11.2 Å². The van der Waals surface area contributed by atoms with Crippen LogP contribution in [0.5, 0.6) is 0 Å². The van der Waals surface area contributed by atoms with Crippen molar-refractivity contribution in [3.05, 3.63) is 23.9 Å². The van der Waals surface area contributed by atoms with E-state index in [4.69, 9.17) is 0 Å². The molecule has 0 bridgehead atoms. The van der Waals surface area contributed by atoms with Crippen LogP contribution in [0.2, 0.25) is 0 Å². The minimum absolute atomic E-state index is 0.783. The molecule has 1 N–H and O–H groups in total. The van der Waals surface area contributed by atoms with Crippen LogP contribution >= 0.6 is 0 Å². The standard InChI is InChI=1S/C9H13N3/c1-3-6-11-12-9-5-4-8(2)7-10-9/h4-7H,3H2,1-2H3,(H,10,12)/b11-6+. The molecule has 0 aliphatic rings. The molecule has 0 radical (unpaired) electrons. The number of pyridine rings is 1. The highest BCUT2D eigenvalue weighted by Gasteiger charge is 1.88. The first kappa shape index (κ1) is 8.71. The lowest BCUT2D eigenvalue weighted by molar-refractivity contribution is 1.19. The largest absolute Gasteiger partial charge is 0.262 e. The highest BCUT2D eigenvalue weighted by atomic mass is 15.3. The number of nitrogens with one attached hydrogen (secondary N) is 1. The van der Waals surface area contributed by atoms with Gasteiger partial charge in [-0.05, 0) is 25.0 Å². The number of nitrogens with zero attached hydrogens (tertiary/aromatic N) is 2. The van der Waals surface area contributed by atoms with Crippen molar-refractivity contribution in [1.82, 2.24) is 4.98 Å². The minimum Gasteiger partial charge on any atom is -0.262 e. The highest BCUT2D eigenvalue weighted by Crippen LogP contribution is 2.02. The summed E-state index contributed by atoms with van der Waals surface area (Å²) >= 11 is 0. The Bertz CT molecular complexity index is 251. The molecule has 0 saturated carbocycles. The molecule has 0 aromatic carbocycles. The molecule has 1 aromatic rings. The van der Waals surface area contributed by atoms with Gasteiger partial charge in [0.2, 0.25) is 0 Å². The molecule has 0 fully saturated rings. The molecule has 0 aliphatic heterocycles. The maximum atomic E-state index is 4.13. The van der Waals surface area contributed by atoms with Crippen LogP contribution in [0.25, 0.3) is 0 Å². The Kier molecular flexibility index (Phi) is 3.26. The molecule has 0 amide bonds. The maximum Gasteiger partial charge on any atom is 0.146 e. The van der Waals surface area contributed by atoms with E-state index in [-0.39, 0.29) is 0 Å². The monoisotopic (exact) mass is 163 g/mol. The topological polar surface area (TPSA) is 37.3 Å². The van der Waals surface area contributed by atoms with E-state index in [2.05, 4.69) is 15.5 Å². The second-order valence-electron chi connectivity index (χ2n) is 2.55. The van der Waals surface area contributed by atoms with Gasteiger partial charge in [0, 0.05) is 12.4 Å². The Hall–Kier alpha value is -1.38. The van der Waals surface area contributed by atoms with E-state index < -0.39 is 0 Å². The van der Waals surface area contributed by atoms with Crippen LogP contribution < -0.4 is 5.43 Å². The van der Waals surface area contributed by atoms with Crippen LogP contribution in [-0.2, 0) is 0 Å². The van der Waals surface area contributed by atoms with E-state index in [0.717, 1.165) is 17.8 Å². The van der Waals surface area contributed by atoms with Crippen molar-refractivity contribution >= 4 is 12.0 Å². The number of hydrogen-bond acceptors (Lipinski definition) is 3. The average molecular weight is 163 g/mol. The Morgan fingerprint density at radius 2 is 2.42 bits per heavy atom. The molecule has 0 spiro atoms. The Morgan fingerprint density at radius 1 is 1.58 bits per heavy atom. The third kappa shape index (κ3) is 2.70. The van der Waals surface area contributed by atoms with Crippen LogP contribution in [0.4, 0.5) is 5.82 Å². The van der Waals surface area contributed by atoms with Crippen molar-refractivity contribution in [2.75, 3.05) is 5.43 Å². The molecule has 3 nitrogen and oxygen atoms in total. The third-order valence-corrected chi connectivity index (χ3v) is 1.36. The summed E-state index contributed by atoms with van der Waals surface area (Å²) in [6.45, 7) is 4.04. The molecule has 12 heavy (non-hydrogen) atoms. The van der Waals surface area contributed by atoms with Crippen molar-refractivity contribution < 1.29 is 0 Å². The van der Waals surface area contributed by atoms with Gasteiger partial charge in [-0.1, -0.05) is 13.0 Å². The van der Waals surface area contributed by atoms with E-state index in [9.17, 15) is 0 Å². The summed E-state index contributed by atoms with van der Waals surface area (Å²) < 4.78 is 0. The first-order valence-electron chi connectivity index (χ1n) is 4.03. The van der Waals surface area contributed by atoms with Crippen LogP contribution in [0.3, 0.4) is 0 Å². The predicted molar refractivity (Wildman–Crippen MR) is 51.4 cm³/mol. The molecule has 3 heteroatoms. The van der Waals surface area contributed by atoms with Crippen molar-refractivity contribution in [1.29, 1.82) is 0 Å². The van der Waals surface area contributed by atoms with Crippen molar-refractivity contribution in [3.8, 4) is 0 Å². The number of hydrogen-bond donors (Lipinski definition) is 1. The summed E-state index contributed by atoms with van der Waals surface area (Å²) in [5.41, 5.74) is 3.98. The zero-order chi connectivity index (χ0) is 8.81. The van der Waals surface area contributed by atoms with Gasteiger partial charge in [-0.25, -0.2) is 4.98 Å². The van der Waals surface area contributed by atoms with Crippen molar-refractivity contribution in [3.63, 3.8) is 0 Å². The van der Waals surface area contributed by atoms with Gasteiger partial charge >= 0.3 is 0 Å². The molecule has 0 saturated heterocycles. The fraction of sp³-hybridized carbons (Fsp3) is 0.333. The van der Waals surface area contributed by atoms with E-state index in [1.165, 1.54) is 0 Å². The van der Waals surface area contributed by atoms with Gasteiger partial charge in [0.15, 0.2) is 0 Å². The zero-order valence-corrected chi connectivity index (χ0v) is 7.41. The third-order valence-electron chi connectivity index (χ3n) is 1.36. The lowest BCUT2D eigenvalue weighted by Crippen LogP contribution is -1.91. The molecule has 0 aliphatic carbocycles. The predicted octanol–water partition coefficient (Wildman–Crippen LogP) is 2.20. The molecule has 64 valence electrons. The second kappa shape index (κ2) is 4.49.